The Hall–Kier alpha value is -2.81. The number of nitrogens with one attached hydrogen (secondary N) is 1. The molecule has 3 nitrogen and oxygen atoms in total. The highest BCUT2D eigenvalue weighted by Gasteiger charge is 2.22. The minimum Gasteiger partial charge on any atom is -0.461 e. The number of H-pyrrole nitrogens is 1. The first-order valence-electron chi connectivity index (χ1n) is 7.73. The summed E-state index contributed by atoms with van der Waals surface area (Å²) in [7, 11) is 0. The summed E-state index contributed by atoms with van der Waals surface area (Å²) < 4.78 is 5.22. The third-order valence-electron chi connectivity index (χ3n) is 3.85. The second-order valence-electron chi connectivity index (χ2n) is 5.33. The van der Waals surface area contributed by atoms with E-state index in [2.05, 4.69) is 4.98 Å². The third kappa shape index (κ3) is 2.90. The fraction of sp³-hybridized carbons (Fsp3) is 0.150. The smallest absolute Gasteiger partial charge is 0.355 e. The Balaban J connectivity index is 2.20. The number of benzene rings is 2. The van der Waals surface area contributed by atoms with E-state index in [1.54, 1.807) is 0 Å². The van der Waals surface area contributed by atoms with Crippen molar-refractivity contribution in [2.24, 2.45) is 0 Å². The van der Waals surface area contributed by atoms with E-state index in [4.69, 9.17) is 4.74 Å². The Labute approximate surface area is 135 Å². The zero-order valence-electron chi connectivity index (χ0n) is 13.3. The number of hydrogen-bond donors (Lipinski definition) is 1. The standard InChI is InChI=1S/C20H19NO2/c1-3-23-20(22)19-17(15-10-6-4-7-11-15)14(2)18(21-19)16-12-8-5-9-13-16/h4-13,21H,3H2,1-2H3. The summed E-state index contributed by atoms with van der Waals surface area (Å²) in [6, 6.07) is 19.9. The molecule has 0 fully saturated rings. The first kappa shape index (κ1) is 15.1. The molecule has 23 heavy (non-hydrogen) atoms. The second-order valence-corrected chi connectivity index (χ2v) is 5.33. The molecule has 116 valence electrons. The number of aromatic nitrogens is 1. The van der Waals surface area contributed by atoms with Crippen LogP contribution in [0, 0.1) is 6.92 Å². The van der Waals surface area contributed by atoms with Crippen LogP contribution in [-0.4, -0.2) is 17.6 Å². The van der Waals surface area contributed by atoms with Gasteiger partial charge in [-0.25, -0.2) is 4.79 Å². The minimum atomic E-state index is -0.323. The lowest BCUT2D eigenvalue weighted by Crippen LogP contribution is -2.06. The van der Waals surface area contributed by atoms with Gasteiger partial charge in [-0.3, -0.25) is 0 Å². The highest BCUT2D eigenvalue weighted by atomic mass is 16.5. The van der Waals surface area contributed by atoms with Gasteiger partial charge in [-0.15, -0.1) is 0 Å². The maximum absolute atomic E-state index is 12.4. The number of ether oxygens (including phenoxy) is 1. The Morgan fingerprint density at radius 3 is 2.09 bits per heavy atom. The van der Waals surface area contributed by atoms with E-state index in [1.165, 1.54) is 0 Å². The Bertz CT molecular complexity index is 804. The highest BCUT2D eigenvalue weighted by Crippen LogP contribution is 2.35. The van der Waals surface area contributed by atoms with Crippen LogP contribution in [0.15, 0.2) is 60.7 Å². The number of carbonyl (C=O) groups is 1. The quantitative estimate of drug-likeness (QED) is 0.701. The second kappa shape index (κ2) is 6.53. The van der Waals surface area contributed by atoms with Crippen molar-refractivity contribution in [2.75, 3.05) is 6.61 Å². The monoisotopic (exact) mass is 305 g/mol. The van der Waals surface area contributed by atoms with Gasteiger partial charge >= 0.3 is 5.97 Å². The molecule has 0 aliphatic rings. The average molecular weight is 305 g/mol. The molecule has 0 saturated heterocycles. The van der Waals surface area contributed by atoms with Crippen molar-refractivity contribution < 1.29 is 9.53 Å². The van der Waals surface area contributed by atoms with E-state index >= 15 is 0 Å². The van der Waals surface area contributed by atoms with Crippen LogP contribution in [0.5, 0.6) is 0 Å². The molecule has 0 radical (unpaired) electrons. The van der Waals surface area contributed by atoms with E-state index in [0.29, 0.717) is 12.3 Å². The molecule has 2 aromatic carbocycles. The van der Waals surface area contributed by atoms with Gasteiger partial charge in [0.2, 0.25) is 0 Å². The molecule has 1 heterocycles. The number of esters is 1. The fourth-order valence-electron chi connectivity index (χ4n) is 2.81. The molecule has 3 aromatic rings. The van der Waals surface area contributed by atoms with E-state index in [9.17, 15) is 4.79 Å². The maximum atomic E-state index is 12.4. The molecule has 0 unspecified atom stereocenters. The van der Waals surface area contributed by atoms with Crippen molar-refractivity contribution in [3.05, 3.63) is 71.9 Å². The summed E-state index contributed by atoms with van der Waals surface area (Å²) in [5.41, 5.74) is 5.47. The van der Waals surface area contributed by atoms with Crippen molar-refractivity contribution in [2.45, 2.75) is 13.8 Å². The zero-order valence-corrected chi connectivity index (χ0v) is 13.3. The maximum Gasteiger partial charge on any atom is 0.355 e. The van der Waals surface area contributed by atoms with Crippen LogP contribution in [0.2, 0.25) is 0 Å². The molecule has 0 spiro atoms. The van der Waals surface area contributed by atoms with Gasteiger partial charge in [0.15, 0.2) is 0 Å². The van der Waals surface area contributed by atoms with Gasteiger partial charge in [0.1, 0.15) is 5.69 Å². The van der Waals surface area contributed by atoms with Gasteiger partial charge in [-0.05, 0) is 30.5 Å². The lowest BCUT2D eigenvalue weighted by Gasteiger charge is -2.05. The van der Waals surface area contributed by atoms with Crippen LogP contribution in [0.1, 0.15) is 23.0 Å². The van der Waals surface area contributed by atoms with Gasteiger partial charge in [-0.2, -0.15) is 0 Å². The highest BCUT2D eigenvalue weighted by molar-refractivity contribution is 5.99. The van der Waals surface area contributed by atoms with Crippen molar-refractivity contribution in [1.82, 2.24) is 4.98 Å². The van der Waals surface area contributed by atoms with Crippen molar-refractivity contribution in [3.63, 3.8) is 0 Å². The molecule has 3 rings (SSSR count). The van der Waals surface area contributed by atoms with Crippen LogP contribution in [0.3, 0.4) is 0 Å². The van der Waals surface area contributed by atoms with Crippen LogP contribution in [0.4, 0.5) is 0 Å². The summed E-state index contributed by atoms with van der Waals surface area (Å²) in [6.07, 6.45) is 0. The van der Waals surface area contributed by atoms with Gasteiger partial charge < -0.3 is 9.72 Å². The SMILES string of the molecule is CCOC(=O)c1[nH]c(-c2ccccc2)c(C)c1-c1ccccc1. The van der Waals surface area contributed by atoms with Gasteiger partial charge in [0, 0.05) is 11.3 Å². The topological polar surface area (TPSA) is 42.1 Å². The lowest BCUT2D eigenvalue weighted by molar-refractivity contribution is 0.0521. The van der Waals surface area contributed by atoms with Gasteiger partial charge in [-0.1, -0.05) is 60.7 Å². The van der Waals surface area contributed by atoms with E-state index in [1.807, 2.05) is 74.5 Å². The molecule has 0 amide bonds. The first-order chi connectivity index (χ1) is 11.2. The van der Waals surface area contributed by atoms with Crippen LogP contribution < -0.4 is 0 Å². The minimum absolute atomic E-state index is 0.323. The average Bonchev–Trinajstić information content (AvgIpc) is 2.94. The van der Waals surface area contributed by atoms with E-state index < -0.39 is 0 Å². The molecule has 3 heteroatoms. The molecule has 0 aliphatic heterocycles. The summed E-state index contributed by atoms with van der Waals surface area (Å²) in [5, 5.41) is 0. The number of carbonyl (C=O) groups excluding carboxylic acids is 1. The predicted molar refractivity (Wildman–Crippen MR) is 92.4 cm³/mol. The Kier molecular flexibility index (Phi) is 4.29. The molecule has 0 aliphatic carbocycles. The molecule has 0 bridgehead atoms. The first-order valence-corrected chi connectivity index (χ1v) is 7.73. The fourth-order valence-corrected chi connectivity index (χ4v) is 2.81. The summed E-state index contributed by atoms with van der Waals surface area (Å²) >= 11 is 0. The van der Waals surface area contributed by atoms with Crippen molar-refractivity contribution in [3.8, 4) is 22.4 Å². The lowest BCUT2D eigenvalue weighted by atomic mass is 9.99. The third-order valence-corrected chi connectivity index (χ3v) is 3.85. The molecule has 0 atom stereocenters. The molecule has 1 aromatic heterocycles. The summed E-state index contributed by atoms with van der Waals surface area (Å²) in [5.74, 6) is -0.323. The van der Waals surface area contributed by atoms with Crippen LogP contribution in [0.25, 0.3) is 22.4 Å². The van der Waals surface area contributed by atoms with Crippen LogP contribution >= 0.6 is 0 Å². The number of aromatic amines is 1. The van der Waals surface area contributed by atoms with E-state index in [-0.39, 0.29) is 5.97 Å². The molecular weight excluding hydrogens is 286 g/mol. The summed E-state index contributed by atoms with van der Waals surface area (Å²) in [6.45, 7) is 4.20. The normalized spacial score (nSPS) is 10.5. The van der Waals surface area contributed by atoms with E-state index in [0.717, 1.165) is 27.9 Å². The zero-order chi connectivity index (χ0) is 16.2. The largest absolute Gasteiger partial charge is 0.461 e. The molecular formula is C20H19NO2. The summed E-state index contributed by atoms with van der Waals surface area (Å²) in [4.78, 5) is 15.7. The van der Waals surface area contributed by atoms with Gasteiger partial charge in [0.25, 0.3) is 0 Å². The number of rotatable bonds is 4. The van der Waals surface area contributed by atoms with Crippen LogP contribution in [-0.2, 0) is 4.74 Å². The molecule has 0 saturated carbocycles. The molecule has 1 N–H and O–H groups in total. The Morgan fingerprint density at radius 1 is 0.957 bits per heavy atom. The van der Waals surface area contributed by atoms with Crippen molar-refractivity contribution in [1.29, 1.82) is 0 Å². The Morgan fingerprint density at radius 2 is 1.52 bits per heavy atom. The predicted octanol–water partition coefficient (Wildman–Crippen LogP) is 4.83. The van der Waals surface area contributed by atoms with Gasteiger partial charge in [0.05, 0.1) is 6.61 Å². The number of hydrogen-bond acceptors (Lipinski definition) is 2. The van der Waals surface area contributed by atoms with Crippen molar-refractivity contribution >= 4 is 5.97 Å².